The molecule has 1 rings (SSSR count). The van der Waals surface area contributed by atoms with Gasteiger partial charge >= 0.3 is 5.97 Å². The number of amides is 3. The number of nitrogens with two attached hydrogens (primary N) is 1. The molecule has 0 aliphatic rings. The molecule has 1 aromatic carbocycles. The monoisotopic (exact) mass is 454 g/mol. The molecule has 0 saturated carbocycles. The van der Waals surface area contributed by atoms with Gasteiger partial charge in [-0.25, -0.2) is 4.79 Å². The summed E-state index contributed by atoms with van der Waals surface area (Å²) in [6.45, 7) is 0.949. The largest absolute Gasteiger partial charge is 0.480 e. The highest BCUT2D eigenvalue weighted by molar-refractivity contribution is 7.98. The Bertz CT molecular complexity index is 746. The normalized spacial score (nSPS) is 14.6. The molecule has 0 bridgehead atoms. The SMILES string of the molecule is CSCCC(NC(=O)C(NC(=O)CN)C(C)O)C(=O)NC(Cc1ccccc1)C(=O)O. The van der Waals surface area contributed by atoms with E-state index in [0.29, 0.717) is 5.75 Å². The third-order valence-electron chi connectivity index (χ3n) is 4.41. The number of hydrogen-bond acceptors (Lipinski definition) is 7. The number of benzene rings is 1. The summed E-state index contributed by atoms with van der Waals surface area (Å²) >= 11 is 1.45. The van der Waals surface area contributed by atoms with Gasteiger partial charge in [0.05, 0.1) is 12.6 Å². The van der Waals surface area contributed by atoms with E-state index >= 15 is 0 Å². The molecule has 0 saturated heterocycles. The number of nitrogens with one attached hydrogen (secondary N) is 3. The average Bonchev–Trinajstić information content (AvgIpc) is 2.74. The molecule has 172 valence electrons. The van der Waals surface area contributed by atoms with Gasteiger partial charge in [0.2, 0.25) is 17.7 Å². The molecular formula is C20H30N4O6S. The number of aliphatic carboxylic acids is 1. The summed E-state index contributed by atoms with van der Waals surface area (Å²) in [5, 5.41) is 26.6. The number of carboxylic acids is 1. The number of aliphatic hydroxyl groups excluding tert-OH is 1. The Kier molecular flexibility index (Phi) is 11.6. The van der Waals surface area contributed by atoms with Crippen molar-refractivity contribution in [2.24, 2.45) is 5.73 Å². The second kappa shape index (κ2) is 13.6. The van der Waals surface area contributed by atoms with Crippen LogP contribution in [-0.4, -0.2) is 76.7 Å². The van der Waals surface area contributed by atoms with Crippen LogP contribution in [0.2, 0.25) is 0 Å². The summed E-state index contributed by atoms with van der Waals surface area (Å²) in [4.78, 5) is 48.6. The van der Waals surface area contributed by atoms with Gasteiger partial charge < -0.3 is 31.9 Å². The molecule has 0 aliphatic heterocycles. The zero-order chi connectivity index (χ0) is 23.4. The van der Waals surface area contributed by atoms with Crippen molar-refractivity contribution in [1.82, 2.24) is 16.0 Å². The summed E-state index contributed by atoms with van der Waals surface area (Å²) in [6, 6.07) is 5.30. The van der Waals surface area contributed by atoms with Crippen molar-refractivity contribution in [3.8, 4) is 0 Å². The molecule has 4 atom stereocenters. The van der Waals surface area contributed by atoms with Crippen LogP contribution in [0.5, 0.6) is 0 Å². The smallest absolute Gasteiger partial charge is 0.326 e. The second-order valence-electron chi connectivity index (χ2n) is 6.92. The van der Waals surface area contributed by atoms with Gasteiger partial charge in [-0.3, -0.25) is 14.4 Å². The topological polar surface area (TPSA) is 171 Å². The van der Waals surface area contributed by atoms with E-state index in [-0.39, 0.29) is 19.4 Å². The minimum Gasteiger partial charge on any atom is -0.480 e. The highest BCUT2D eigenvalue weighted by Crippen LogP contribution is 2.07. The van der Waals surface area contributed by atoms with E-state index in [9.17, 15) is 29.4 Å². The molecule has 0 aromatic heterocycles. The molecule has 0 aliphatic carbocycles. The van der Waals surface area contributed by atoms with Gasteiger partial charge in [0.1, 0.15) is 18.1 Å². The van der Waals surface area contributed by atoms with E-state index in [1.165, 1.54) is 18.7 Å². The Morgan fingerprint density at radius 2 is 1.65 bits per heavy atom. The maximum Gasteiger partial charge on any atom is 0.326 e. The van der Waals surface area contributed by atoms with Crippen LogP contribution in [-0.2, 0) is 25.6 Å². The molecule has 0 fully saturated rings. The fourth-order valence-corrected chi connectivity index (χ4v) is 3.20. The van der Waals surface area contributed by atoms with E-state index in [1.54, 1.807) is 30.3 Å². The zero-order valence-electron chi connectivity index (χ0n) is 17.5. The number of aliphatic hydroxyl groups is 1. The maximum atomic E-state index is 12.8. The summed E-state index contributed by atoms with van der Waals surface area (Å²) in [5.41, 5.74) is 5.97. The lowest BCUT2D eigenvalue weighted by Gasteiger charge is -2.25. The van der Waals surface area contributed by atoms with Crippen molar-refractivity contribution >= 4 is 35.5 Å². The van der Waals surface area contributed by atoms with E-state index in [0.717, 1.165) is 5.56 Å². The lowest BCUT2D eigenvalue weighted by molar-refractivity contribution is -0.142. The van der Waals surface area contributed by atoms with Crippen LogP contribution in [0.4, 0.5) is 0 Å². The van der Waals surface area contributed by atoms with Crippen LogP contribution in [0.3, 0.4) is 0 Å². The van der Waals surface area contributed by atoms with Gasteiger partial charge in [-0.2, -0.15) is 11.8 Å². The van der Waals surface area contributed by atoms with Gasteiger partial charge in [-0.05, 0) is 30.9 Å². The molecule has 10 nitrogen and oxygen atoms in total. The van der Waals surface area contributed by atoms with Gasteiger partial charge in [0.15, 0.2) is 0 Å². The Labute approximate surface area is 185 Å². The van der Waals surface area contributed by atoms with Gasteiger partial charge in [-0.15, -0.1) is 0 Å². The van der Waals surface area contributed by atoms with Crippen molar-refractivity contribution in [2.75, 3.05) is 18.6 Å². The third kappa shape index (κ3) is 9.37. The predicted molar refractivity (Wildman–Crippen MR) is 117 cm³/mol. The highest BCUT2D eigenvalue weighted by atomic mass is 32.2. The van der Waals surface area contributed by atoms with Crippen molar-refractivity contribution in [3.05, 3.63) is 35.9 Å². The molecule has 11 heteroatoms. The number of thioether (sulfide) groups is 1. The zero-order valence-corrected chi connectivity index (χ0v) is 18.4. The summed E-state index contributed by atoms with van der Waals surface area (Å²) in [7, 11) is 0. The number of rotatable bonds is 13. The van der Waals surface area contributed by atoms with Crippen LogP contribution in [0.1, 0.15) is 18.9 Å². The van der Waals surface area contributed by atoms with E-state index in [4.69, 9.17) is 5.73 Å². The van der Waals surface area contributed by atoms with E-state index in [2.05, 4.69) is 16.0 Å². The molecule has 0 heterocycles. The Morgan fingerprint density at radius 3 is 2.16 bits per heavy atom. The molecular weight excluding hydrogens is 424 g/mol. The Hall–Kier alpha value is -2.63. The van der Waals surface area contributed by atoms with Gasteiger partial charge in [0, 0.05) is 6.42 Å². The fourth-order valence-electron chi connectivity index (χ4n) is 2.73. The Balaban J connectivity index is 2.92. The summed E-state index contributed by atoms with van der Waals surface area (Å²) in [5.74, 6) is -2.76. The van der Waals surface area contributed by atoms with E-state index < -0.39 is 47.9 Å². The summed E-state index contributed by atoms with van der Waals surface area (Å²) < 4.78 is 0. The molecule has 0 radical (unpaired) electrons. The van der Waals surface area contributed by atoms with Crippen molar-refractivity contribution in [3.63, 3.8) is 0 Å². The molecule has 3 amide bonds. The minimum absolute atomic E-state index is 0.0773. The second-order valence-corrected chi connectivity index (χ2v) is 7.91. The van der Waals surface area contributed by atoms with Crippen LogP contribution >= 0.6 is 11.8 Å². The first-order valence-corrected chi connectivity index (χ1v) is 11.1. The van der Waals surface area contributed by atoms with Crippen LogP contribution in [0.15, 0.2) is 30.3 Å². The maximum absolute atomic E-state index is 12.8. The quantitative estimate of drug-likeness (QED) is 0.217. The number of carboxylic acid groups (broad SMARTS) is 1. The van der Waals surface area contributed by atoms with E-state index in [1.807, 2.05) is 6.26 Å². The van der Waals surface area contributed by atoms with Crippen molar-refractivity contribution < 1.29 is 29.4 Å². The molecule has 4 unspecified atom stereocenters. The standard InChI is InChI=1S/C20H30N4O6S/c1-12(25)17(24-16(26)11-21)19(28)22-14(8-9-31-2)18(27)23-15(20(29)30)10-13-6-4-3-5-7-13/h3-7,12,14-15,17,25H,8-11,21H2,1-2H3,(H,22,28)(H,23,27)(H,24,26)(H,29,30). The van der Waals surface area contributed by atoms with Crippen LogP contribution < -0.4 is 21.7 Å². The number of hydrogen-bond donors (Lipinski definition) is 6. The molecule has 0 spiro atoms. The first-order chi connectivity index (χ1) is 14.7. The molecule has 31 heavy (non-hydrogen) atoms. The molecule has 7 N–H and O–H groups in total. The lowest BCUT2D eigenvalue weighted by Crippen LogP contribution is -2.59. The third-order valence-corrected chi connectivity index (χ3v) is 5.05. The first-order valence-electron chi connectivity index (χ1n) is 9.73. The number of carbonyl (C=O) groups excluding carboxylic acids is 3. The van der Waals surface area contributed by atoms with Crippen LogP contribution in [0, 0.1) is 0 Å². The Morgan fingerprint density at radius 1 is 1.03 bits per heavy atom. The highest BCUT2D eigenvalue weighted by Gasteiger charge is 2.31. The van der Waals surface area contributed by atoms with Gasteiger partial charge in [0.25, 0.3) is 0 Å². The summed E-state index contributed by atoms with van der Waals surface area (Å²) in [6.07, 6.45) is 0.901. The minimum atomic E-state index is -1.31. The average molecular weight is 455 g/mol. The first kappa shape index (κ1) is 26.4. The fraction of sp³-hybridized carbons (Fsp3) is 0.500. The van der Waals surface area contributed by atoms with Crippen molar-refractivity contribution in [2.45, 2.75) is 44.0 Å². The number of carbonyl (C=O) groups is 4. The lowest BCUT2D eigenvalue weighted by atomic mass is 10.0. The van der Waals surface area contributed by atoms with Crippen molar-refractivity contribution in [1.29, 1.82) is 0 Å². The van der Waals surface area contributed by atoms with Gasteiger partial charge in [-0.1, -0.05) is 30.3 Å². The molecule has 1 aromatic rings. The van der Waals surface area contributed by atoms with Crippen LogP contribution in [0.25, 0.3) is 0 Å². The predicted octanol–water partition coefficient (Wildman–Crippen LogP) is -1.14.